The van der Waals surface area contributed by atoms with Gasteiger partial charge in [-0.1, -0.05) is 6.07 Å². The molecule has 9 nitrogen and oxygen atoms in total. The molecule has 4 heterocycles. The van der Waals surface area contributed by atoms with Crippen LogP contribution in [0, 0.1) is 5.82 Å². The number of carbonyl (C=O) groups is 2. The number of nitrogens with zero attached hydrogens (tertiary/aromatic N) is 3. The lowest BCUT2D eigenvalue weighted by atomic mass is 10.1. The van der Waals surface area contributed by atoms with Crippen LogP contribution in [-0.4, -0.2) is 72.0 Å². The summed E-state index contributed by atoms with van der Waals surface area (Å²) in [5.41, 5.74) is 2.75. The van der Waals surface area contributed by atoms with E-state index in [2.05, 4.69) is 32.5 Å². The molecule has 2 fully saturated rings. The minimum Gasteiger partial charge on any atom is -0.487 e. The predicted molar refractivity (Wildman–Crippen MR) is 145 cm³/mol. The van der Waals surface area contributed by atoms with Gasteiger partial charge in [-0.3, -0.25) is 14.5 Å². The number of aromatic nitrogens is 1. The fraction of sp³-hybridized carbons (Fsp3) is 0.367. The number of ether oxygens (including phenoxy) is 2. The molecule has 1 saturated carbocycles. The molecule has 3 atom stereocenters. The maximum Gasteiger partial charge on any atom is 0.251 e. The summed E-state index contributed by atoms with van der Waals surface area (Å²) in [6.45, 7) is 4.28. The Kier molecular flexibility index (Phi) is 6.16. The van der Waals surface area contributed by atoms with Crippen LogP contribution < -0.4 is 20.1 Å². The molecule has 0 bridgehead atoms. The minimum absolute atomic E-state index is 0.00879. The molecule has 3 aromatic rings. The van der Waals surface area contributed by atoms with Gasteiger partial charge < -0.3 is 25.0 Å². The fourth-order valence-corrected chi connectivity index (χ4v) is 5.85. The summed E-state index contributed by atoms with van der Waals surface area (Å²) in [6.07, 6.45) is 2.41. The molecular weight excluding hydrogens is 513 g/mol. The SMILES string of the molecule is CN1CCN(Cc2ccc(C(=O)NC3C4Oc5ccc(Oc6ccnc7c6CCC(=O)N7)cc5C34)cc2F)CC1. The summed E-state index contributed by atoms with van der Waals surface area (Å²) in [7, 11) is 2.09. The van der Waals surface area contributed by atoms with E-state index in [0.29, 0.717) is 47.8 Å². The first-order valence-electron chi connectivity index (χ1n) is 13.7. The molecule has 4 aliphatic rings. The van der Waals surface area contributed by atoms with E-state index in [9.17, 15) is 14.0 Å². The number of likely N-dealkylation sites (N-methyl/N-ethyl adjacent to an activating group) is 1. The number of piperazine rings is 1. The molecule has 1 aromatic heterocycles. The molecule has 0 spiro atoms. The Labute approximate surface area is 231 Å². The lowest BCUT2D eigenvalue weighted by Gasteiger charge is -2.32. The number of halogens is 1. The Morgan fingerprint density at radius 2 is 2.00 bits per heavy atom. The summed E-state index contributed by atoms with van der Waals surface area (Å²) in [5.74, 6) is 1.89. The van der Waals surface area contributed by atoms with E-state index >= 15 is 0 Å². The van der Waals surface area contributed by atoms with Gasteiger partial charge in [0.2, 0.25) is 5.91 Å². The highest BCUT2D eigenvalue weighted by Crippen LogP contribution is 2.54. The zero-order valence-corrected chi connectivity index (χ0v) is 22.2. The molecule has 1 saturated heterocycles. The lowest BCUT2D eigenvalue weighted by Crippen LogP contribution is -2.44. The number of rotatable bonds is 6. The van der Waals surface area contributed by atoms with Crippen molar-refractivity contribution in [3.63, 3.8) is 0 Å². The largest absolute Gasteiger partial charge is 0.487 e. The Bertz CT molecular complexity index is 1510. The average Bonchev–Trinajstić information content (AvgIpc) is 3.47. The molecule has 3 aliphatic heterocycles. The molecule has 0 radical (unpaired) electrons. The summed E-state index contributed by atoms with van der Waals surface area (Å²) in [5, 5.41) is 5.81. The maximum absolute atomic E-state index is 14.9. The smallest absolute Gasteiger partial charge is 0.251 e. The van der Waals surface area contributed by atoms with E-state index in [1.807, 2.05) is 18.2 Å². The van der Waals surface area contributed by atoms with Crippen LogP contribution in [0.15, 0.2) is 48.7 Å². The van der Waals surface area contributed by atoms with Gasteiger partial charge in [0.15, 0.2) is 0 Å². The second kappa shape index (κ2) is 9.87. The molecule has 206 valence electrons. The second-order valence-electron chi connectivity index (χ2n) is 11.0. The van der Waals surface area contributed by atoms with Gasteiger partial charge in [0.25, 0.3) is 5.91 Å². The third-order valence-electron chi connectivity index (χ3n) is 8.26. The standard InChI is InChI=1S/C30H30FN5O4/c1-35-10-12-36(13-11-35)16-18-3-2-17(14-22(18)31)30(38)34-27-26-21-15-19(4-6-23(21)40-28(26)27)39-24-8-9-32-29-20(24)5-7-25(37)33-29/h2-4,6,8-9,14-15,26-28H,5,7,10-13,16H2,1H3,(H,34,38)(H,32,33,37). The van der Waals surface area contributed by atoms with Crippen molar-refractivity contribution in [2.45, 2.75) is 37.5 Å². The van der Waals surface area contributed by atoms with Crippen LogP contribution in [0.3, 0.4) is 0 Å². The highest BCUT2D eigenvalue weighted by Gasteiger charge is 2.59. The Hall–Kier alpha value is -4.02. The van der Waals surface area contributed by atoms with E-state index < -0.39 is 0 Å². The van der Waals surface area contributed by atoms with Crippen molar-refractivity contribution in [2.75, 3.05) is 38.5 Å². The van der Waals surface area contributed by atoms with Gasteiger partial charge in [-0.15, -0.1) is 0 Å². The van der Waals surface area contributed by atoms with Crippen molar-refractivity contribution < 1.29 is 23.5 Å². The number of hydrogen-bond acceptors (Lipinski definition) is 7. The maximum atomic E-state index is 14.9. The van der Waals surface area contributed by atoms with Gasteiger partial charge in [-0.25, -0.2) is 9.37 Å². The lowest BCUT2D eigenvalue weighted by molar-refractivity contribution is -0.116. The molecule has 10 heteroatoms. The van der Waals surface area contributed by atoms with Crippen molar-refractivity contribution in [3.05, 3.63) is 76.7 Å². The van der Waals surface area contributed by atoms with Crippen LogP contribution in [0.4, 0.5) is 10.2 Å². The highest BCUT2D eigenvalue weighted by atomic mass is 19.1. The molecular formula is C30H30FN5O4. The zero-order valence-electron chi connectivity index (χ0n) is 22.2. The quantitative estimate of drug-likeness (QED) is 0.493. The van der Waals surface area contributed by atoms with Crippen LogP contribution in [0.5, 0.6) is 17.2 Å². The minimum atomic E-state index is -0.358. The molecule has 2 N–H and O–H groups in total. The summed E-state index contributed by atoms with van der Waals surface area (Å²) in [6, 6.07) is 12.0. The first kappa shape index (κ1) is 25.0. The number of carbonyl (C=O) groups excluding carboxylic acids is 2. The normalized spacial score (nSPS) is 23.4. The number of nitrogens with one attached hydrogen (secondary N) is 2. The monoisotopic (exact) mass is 543 g/mol. The number of benzene rings is 2. The van der Waals surface area contributed by atoms with Crippen LogP contribution in [-0.2, 0) is 17.8 Å². The topological polar surface area (TPSA) is 96.0 Å². The summed E-state index contributed by atoms with van der Waals surface area (Å²) in [4.78, 5) is 33.5. The van der Waals surface area contributed by atoms with E-state index in [1.165, 1.54) is 6.07 Å². The van der Waals surface area contributed by atoms with Gasteiger partial charge in [0.1, 0.15) is 35.0 Å². The first-order valence-corrected chi connectivity index (χ1v) is 13.7. The van der Waals surface area contributed by atoms with E-state index in [-0.39, 0.29) is 35.7 Å². The number of fused-ring (bicyclic) bond motifs is 4. The molecule has 3 unspecified atom stereocenters. The Morgan fingerprint density at radius 3 is 2.83 bits per heavy atom. The zero-order chi connectivity index (χ0) is 27.4. The molecule has 2 amide bonds. The molecule has 2 aromatic carbocycles. The molecule has 1 aliphatic carbocycles. The van der Waals surface area contributed by atoms with Crippen molar-refractivity contribution in [2.24, 2.45) is 0 Å². The van der Waals surface area contributed by atoms with Crippen LogP contribution >= 0.6 is 0 Å². The van der Waals surface area contributed by atoms with E-state index in [4.69, 9.17) is 9.47 Å². The molecule has 40 heavy (non-hydrogen) atoms. The number of hydrogen-bond donors (Lipinski definition) is 2. The van der Waals surface area contributed by atoms with Crippen LogP contribution in [0.25, 0.3) is 0 Å². The van der Waals surface area contributed by atoms with Gasteiger partial charge in [0.05, 0.1) is 12.0 Å². The number of amides is 2. The Morgan fingerprint density at radius 1 is 1.15 bits per heavy atom. The van der Waals surface area contributed by atoms with Crippen molar-refractivity contribution in [3.8, 4) is 17.2 Å². The van der Waals surface area contributed by atoms with Crippen molar-refractivity contribution in [1.82, 2.24) is 20.1 Å². The number of anilines is 1. The highest BCUT2D eigenvalue weighted by molar-refractivity contribution is 5.95. The fourth-order valence-electron chi connectivity index (χ4n) is 5.85. The first-order chi connectivity index (χ1) is 19.4. The average molecular weight is 544 g/mol. The third-order valence-corrected chi connectivity index (χ3v) is 8.26. The van der Waals surface area contributed by atoms with Gasteiger partial charge in [-0.2, -0.15) is 0 Å². The van der Waals surface area contributed by atoms with Crippen LogP contribution in [0.1, 0.15) is 39.4 Å². The Balaban J connectivity index is 1.00. The third kappa shape index (κ3) is 4.67. The number of pyridine rings is 1. The van der Waals surface area contributed by atoms with E-state index in [0.717, 1.165) is 43.1 Å². The molecule has 7 rings (SSSR count). The van der Waals surface area contributed by atoms with Crippen molar-refractivity contribution in [1.29, 1.82) is 0 Å². The summed E-state index contributed by atoms with van der Waals surface area (Å²) < 4.78 is 27.1. The van der Waals surface area contributed by atoms with E-state index in [1.54, 1.807) is 24.4 Å². The van der Waals surface area contributed by atoms with Crippen molar-refractivity contribution >= 4 is 17.6 Å². The summed E-state index contributed by atoms with van der Waals surface area (Å²) >= 11 is 0. The second-order valence-corrected chi connectivity index (χ2v) is 11.0. The van der Waals surface area contributed by atoms with Gasteiger partial charge >= 0.3 is 0 Å². The predicted octanol–water partition coefficient (Wildman–Crippen LogP) is 3.30. The van der Waals surface area contributed by atoms with Gasteiger partial charge in [0, 0.05) is 67.6 Å². The van der Waals surface area contributed by atoms with Crippen LogP contribution in [0.2, 0.25) is 0 Å². The van der Waals surface area contributed by atoms with Gasteiger partial charge in [-0.05, 0) is 49.9 Å².